The number of hydrogen-bond acceptors (Lipinski definition) is 4. The van der Waals surface area contributed by atoms with Crippen molar-refractivity contribution in [1.82, 2.24) is 0 Å². The van der Waals surface area contributed by atoms with Gasteiger partial charge in [-0.2, -0.15) is 13.6 Å². The lowest BCUT2D eigenvalue weighted by atomic mass is 9.47. The second kappa shape index (κ2) is 7.21. The molecule has 3 aliphatic carbocycles. The van der Waals surface area contributed by atoms with Crippen LogP contribution < -0.4 is 14.1 Å². The van der Waals surface area contributed by atoms with Crippen molar-refractivity contribution in [2.24, 2.45) is 28.3 Å². The first kappa shape index (κ1) is 20.0. The van der Waals surface area contributed by atoms with Gasteiger partial charge in [0, 0.05) is 0 Å². The van der Waals surface area contributed by atoms with E-state index in [1.165, 1.54) is 56.1 Å². The molecule has 0 spiro atoms. The van der Waals surface area contributed by atoms with Gasteiger partial charge in [-0.05, 0) is 90.9 Å². The predicted molar refractivity (Wildman–Crippen MR) is 110 cm³/mol. The van der Waals surface area contributed by atoms with Gasteiger partial charge in [-0.25, -0.2) is 0 Å². The topological polar surface area (TPSA) is 78.6 Å². The molecule has 1 aromatic carbocycles. The zero-order valence-corrected chi connectivity index (χ0v) is 18.1. The Labute approximate surface area is 169 Å². The van der Waals surface area contributed by atoms with Crippen molar-refractivity contribution in [3.8, 4) is 11.5 Å². The molecule has 6 heteroatoms. The second-order valence-electron chi connectivity index (χ2n) is 9.27. The molecule has 28 heavy (non-hydrogen) atoms. The van der Waals surface area contributed by atoms with Gasteiger partial charge in [0.25, 0.3) is 0 Å². The third-order valence-electron chi connectivity index (χ3n) is 8.15. The average molecular weight is 408 g/mol. The molecule has 4 rings (SSSR count). The van der Waals surface area contributed by atoms with E-state index in [9.17, 15) is 8.42 Å². The molecule has 1 unspecified atom stereocenters. The molecule has 3 aliphatic rings. The summed E-state index contributed by atoms with van der Waals surface area (Å²) in [5, 5.41) is 5.08. The first-order chi connectivity index (χ1) is 13.3. The minimum absolute atomic E-state index is 0.201. The van der Waals surface area contributed by atoms with Crippen molar-refractivity contribution in [3.63, 3.8) is 0 Å². The molecule has 5 nitrogen and oxygen atoms in total. The smallest absolute Gasteiger partial charge is 0.380 e. The minimum atomic E-state index is -4.07. The van der Waals surface area contributed by atoms with E-state index in [1.54, 1.807) is 7.11 Å². The van der Waals surface area contributed by atoms with Crippen molar-refractivity contribution in [3.05, 3.63) is 23.3 Å². The Morgan fingerprint density at radius 3 is 2.64 bits per heavy atom. The van der Waals surface area contributed by atoms with E-state index in [-0.39, 0.29) is 5.75 Å². The van der Waals surface area contributed by atoms with Gasteiger partial charge >= 0.3 is 10.3 Å². The van der Waals surface area contributed by atoms with Crippen LogP contribution in [-0.2, 0) is 16.7 Å². The fraction of sp³-hybridized carbons (Fsp3) is 0.727. The summed E-state index contributed by atoms with van der Waals surface area (Å²) in [6.07, 6.45) is 10.0. The largest absolute Gasteiger partial charge is 0.493 e. The van der Waals surface area contributed by atoms with Gasteiger partial charge in [0.05, 0.1) is 7.11 Å². The Morgan fingerprint density at radius 2 is 1.96 bits per heavy atom. The Bertz CT molecular complexity index is 852. The summed E-state index contributed by atoms with van der Waals surface area (Å²) in [5.74, 6) is 3.56. The number of nitrogens with two attached hydrogens (primary N) is 1. The van der Waals surface area contributed by atoms with Crippen LogP contribution in [0.15, 0.2) is 12.1 Å². The zero-order valence-electron chi connectivity index (χ0n) is 17.2. The van der Waals surface area contributed by atoms with Gasteiger partial charge in [-0.15, -0.1) is 0 Å². The van der Waals surface area contributed by atoms with Crippen LogP contribution in [0.25, 0.3) is 0 Å². The summed E-state index contributed by atoms with van der Waals surface area (Å²) in [7, 11) is -2.53. The Balaban J connectivity index is 1.69. The van der Waals surface area contributed by atoms with Gasteiger partial charge in [-0.3, -0.25) is 0 Å². The standard InChI is InChI=1S/C22H33NO4S/c1-4-15-6-5-7-19-17-9-8-14-12-21(27-28(23,24)25)20(26-3)13-18(14)16(17)10-11-22(15,19)2/h12-13,15-17,19H,4-11H2,1-3H3,(H2,23,24,25)/t15?,16-,17+,19-,22+/m0/s1. The highest BCUT2D eigenvalue weighted by atomic mass is 32.2. The van der Waals surface area contributed by atoms with Crippen LogP contribution in [0.2, 0.25) is 0 Å². The molecule has 0 aliphatic heterocycles. The Hall–Kier alpha value is -1.27. The second-order valence-corrected chi connectivity index (χ2v) is 10.4. The molecule has 0 heterocycles. The van der Waals surface area contributed by atoms with Crippen LogP contribution in [0.5, 0.6) is 11.5 Å². The maximum absolute atomic E-state index is 11.4. The van der Waals surface area contributed by atoms with Crippen molar-refractivity contribution in [1.29, 1.82) is 0 Å². The fourth-order valence-electron chi connectivity index (χ4n) is 6.91. The summed E-state index contributed by atoms with van der Waals surface area (Å²) in [6, 6.07) is 3.84. The summed E-state index contributed by atoms with van der Waals surface area (Å²) in [6.45, 7) is 4.92. The zero-order chi connectivity index (χ0) is 20.1. The summed E-state index contributed by atoms with van der Waals surface area (Å²) in [4.78, 5) is 0. The molecule has 0 amide bonds. The van der Waals surface area contributed by atoms with Crippen LogP contribution in [0, 0.1) is 23.2 Å². The lowest BCUT2D eigenvalue weighted by molar-refractivity contribution is -0.0512. The number of fused-ring (bicyclic) bond motifs is 5. The van der Waals surface area contributed by atoms with E-state index in [0.717, 1.165) is 24.2 Å². The number of aryl methyl sites for hydroxylation is 1. The van der Waals surface area contributed by atoms with E-state index in [1.807, 2.05) is 12.1 Å². The summed E-state index contributed by atoms with van der Waals surface area (Å²) in [5.41, 5.74) is 2.99. The third kappa shape index (κ3) is 3.32. The molecule has 156 valence electrons. The van der Waals surface area contributed by atoms with Gasteiger partial charge < -0.3 is 8.92 Å². The predicted octanol–water partition coefficient (Wildman–Crippen LogP) is 4.55. The van der Waals surface area contributed by atoms with Crippen LogP contribution >= 0.6 is 0 Å². The van der Waals surface area contributed by atoms with Crippen molar-refractivity contribution >= 4 is 10.3 Å². The van der Waals surface area contributed by atoms with Gasteiger partial charge in [-0.1, -0.05) is 26.7 Å². The molecule has 1 aromatic rings. The number of benzene rings is 1. The van der Waals surface area contributed by atoms with E-state index in [4.69, 9.17) is 14.1 Å². The molecule has 0 aromatic heterocycles. The van der Waals surface area contributed by atoms with Gasteiger partial charge in [0.1, 0.15) is 0 Å². The highest BCUT2D eigenvalue weighted by molar-refractivity contribution is 7.84. The molecule has 0 bridgehead atoms. The van der Waals surface area contributed by atoms with Crippen LogP contribution in [0.1, 0.15) is 75.8 Å². The minimum Gasteiger partial charge on any atom is -0.493 e. The molecule has 2 fully saturated rings. The van der Waals surface area contributed by atoms with Gasteiger partial charge in [0.15, 0.2) is 11.5 Å². The molecular formula is C22H33NO4S. The van der Waals surface area contributed by atoms with Crippen LogP contribution in [0.3, 0.4) is 0 Å². The number of hydrogen-bond donors (Lipinski definition) is 1. The van der Waals surface area contributed by atoms with Crippen LogP contribution in [0.4, 0.5) is 0 Å². The highest BCUT2D eigenvalue weighted by Crippen LogP contribution is 2.62. The van der Waals surface area contributed by atoms with E-state index < -0.39 is 10.3 Å². The molecule has 0 saturated heterocycles. The molecule has 2 saturated carbocycles. The summed E-state index contributed by atoms with van der Waals surface area (Å²) >= 11 is 0. The summed E-state index contributed by atoms with van der Waals surface area (Å²) < 4.78 is 33.3. The molecule has 2 N–H and O–H groups in total. The molecular weight excluding hydrogens is 374 g/mol. The first-order valence-electron chi connectivity index (χ1n) is 10.7. The van der Waals surface area contributed by atoms with Crippen molar-refractivity contribution < 1.29 is 17.3 Å². The van der Waals surface area contributed by atoms with Gasteiger partial charge in [0.2, 0.25) is 0 Å². The van der Waals surface area contributed by atoms with E-state index in [2.05, 4.69) is 13.8 Å². The lowest BCUT2D eigenvalue weighted by Gasteiger charge is -2.57. The number of rotatable bonds is 4. The Morgan fingerprint density at radius 1 is 1.18 bits per heavy atom. The normalized spacial score (nSPS) is 34.7. The maximum atomic E-state index is 11.4. The molecule has 0 radical (unpaired) electrons. The van der Waals surface area contributed by atoms with Crippen LogP contribution in [-0.4, -0.2) is 15.5 Å². The van der Waals surface area contributed by atoms with Crippen molar-refractivity contribution in [2.75, 3.05) is 7.11 Å². The van der Waals surface area contributed by atoms with E-state index in [0.29, 0.717) is 17.1 Å². The number of ether oxygens (including phenoxy) is 1. The fourth-order valence-corrected chi connectivity index (χ4v) is 7.29. The average Bonchev–Trinajstić information content (AvgIpc) is 2.64. The highest BCUT2D eigenvalue weighted by Gasteiger charge is 2.52. The number of methoxy groups -OCH3 is 1. The monoisotopic (exact) mass is 407 g/mol. The molecule has 5 atom stereocenters. The lowest BCUT2D eigenvalue weighted by Crippen LogP contribution is -2.48. The quantitative estimate of drug-likeness (QED) is 0.794. The SMILES string of the molecule is CCC1CCC[C@H]2[C@@H]3CCc4cc(OS(N)(=O)=O)c(OC)cc4[C@H]3CC[C@]12C. The van der Waals surface area contributed by atoms with Crippen molar-refractivity contribution in [2.45, 2.75) is 71.1 Å². The maximum Gasteiger partial charge on any atom is 0.380 e. The Kier molecular flexibility index (Phi) is 5.15. The third-order valence-corrected chi connectivity index (χ3v) is 8.56. The van der Waals surface area contributed by atoms with E-state index >= 15 is 0 Å². The first-order valence-corrected chi connectivity index (χ1v) is 12.2.